The Hall–Kier alpha value is -1.58. The smallest absolute Gasteiger partial charge is 0.243 e. The lowest BCUT2D eigenvalue weighted by Crippen LogP contribution is -2.49. The van der Waals surface area contributed by atoms with Gasteiger partial charge in [0.2, 0.25) is 5.91 Å². The van der Waals surface area contributed by atoms with Crippen molar-refractivity contribution in [1.82, 2.24) is 0 Å². The first kappa shape index (κ1) is 12.5. The fraction of sp³-hybridized carbons (Fsp3) is 0.417. The van der Waals surface area contributed by atoms with Gasteiger partial charge in [-0.05, 0) is 25.0 Å². The third-order valence-electron chi connectivity index (χ3n) is 2.93. The fourth-order valence-corrected chi connectivity index (χ4v) is 1.66. The molecule has 0 radical (unpaired) electrons. The normalized spacial score (nSPS) is 11.2. The Labute approximate surface area is 94.8 Å². The molecule has 0 heterocycles. The summed E-state index contributed by atoms with van der Waals surface area (Å²) in [6, 6.07) is 6.25. The van der Waals surface area contributed by atoms with Crippen LogP contribution in [-0.2, 0) is 4.79 Å². The maximum absolute atomic E-state index is 13.4. The molecule has 0 atom stereocenters. The van der Waals surface area contributed by atoms with Crippen LogP contribution in [0.15, 0.2) is 24.3 Å². The molecule has 3 N–H and O–H groups in total. The lowest BCUT2D eigenvalue weighted by atomic mass is 9.91. The van der Waals surface area contributed by atoms with Gasteiger partial charge in [-0.15, -0.1) is 0 Å². The molecule has 0 unspecified atom stereocenters. The number of benzene rings is 1. The first-order valence-electron chi connectivity index (χ1n) is 5.38. The summed E-state index contributed by atoms with van der Waals surface area (Å²) < 4.78 is 13.4. The summed E-state index contributed by atoms with van der Waals surface area (Å²) in [5.41, 5.74) is 4.80. The number of carbonyl (C=O) groups excluding carboxylic acids is 1. The van der Waals surface area contributed by atoms with Gasteiger partial charge < -0.3 is 11.1 Å². The van der Waals surface area contributed by atoms with Gasteiger partial charge in [0, 0.05) is 0 Å². The summed E-state index contributed by atoms with van der Waals surface area (Å²) in [6.07, 6.45) is 1.04. The minimum atomic E-state index is -0.873. The number of carbonyl (C=O) groups is 1. The number of rotatable bonds is 5. The number of nitrogens with one attached hydrogen (secondary N) is 1. The van der Waals surface area contributed by atoms with Crippen molar-refractivity contribution in [2.45, 2.75) is 32.2 Å². The molecule has 0 aliphatic heterocycles. The molecule has 0 bridgehead atoms. The van der Waals surface area contributed by atoms with E-state index in [0.29, 0.717) is 18.5 Å². The van der Waals surface area contributed by atoms with Crippen molar-refractivity contribution < 1.29 is 9.18 Å². The predicted octanol–water partition coefficient (Wildman–Crippen LogP) is 2.28. The number of hydrogen-bond donors (Lipinski definition) is 2. The zero-order chi connectivity index (χ0) is 12.2. The van der Waals surface area contributed by atoms with Gasteiger partial charge >= 0.3 is 0 Å². The molecule has 1 aromatic carbocycles. The zero-order valence-electron chi connectivity index (χ0n) is 9.59. The van der Waals surface area contributed by atoms with Crippen molar-refractivity contribution in [1.29, 1.82) is 0 Å². The summed E-state index contributed by atoms with van der Waals surface area (Å²) in [7, 11) is 0. The van der Waals surface area contributed by atoms with Crippen LogP contribution in [0.5, 0.6) is 0 Å². The number of para-hydroxylation sites is 1. The van der Waals surface area contributed by atoms with Gasteiger partial charge in [0.25, 0.3) is 0 Å². The molecule has 0 fully saturated rings. The molecule has 0 spiro atoms. The molecule has 1 rings (SSSR count). The SMILES string of the molecule is CCC(CC)(Nc1ccccc1F)C(N)=O. The fourth-order valence-electron chi connectivity index (χ4n) is 1.66. The molecule has 3 nitrogen and oxygen atoms in total. The summed E-state index contributed by atoms with van der Waals surface area (Å²) in [4.78, 5) is 11.4. The number of nitrogens with two attached hydrogens (primary N) is 1. The van der Waals surface area contributed by atoms with E-state index in [-0.39, 0.29) is 5.82 Å². The average molecular weight is 224 g/mol. The minimum absolute atomic E-state index is 0.310. The van der Waals surface area contributed by atoms with Gasteiger partial charge in [-0.2, -0.15) is 0 Å². The van der Waals surface area contributed by atoms with E-state index < -0.39 is 11.4 Å². The first-order valence-corrected chi connectivity index (χ1v) is 5.38. The van der Waals surface area contributed by atoms with Gasteiger partial charge in [-0.25, -0.2) is 4.39 Å². The summed E-state index contributed by atoms with van der Waals surface area (Å²) in [6.45, 7) is 3.70. The van der Waals surface area contributed by atoms with E-state index in [2.05, 4.69) is 5.32 Å². The first-order chi connectivity index (χ1) is 7.55. The van der Waals surface area contributed by atoms with Crippen LogP contribution in [0.2, 0.25) is 0 Å². The van der Waals surface area contributed by atoms with Gasteiger partial charge in [0.1, 0.15) is 11.4 Å². The minimum Gasteiger partial charge on any atom is -0.369 e. The third kappa shape index (κ3) is 2.32. The average Bonchev–Trinajstić information content (AvgIpc) is 2.28. The number of primary amides is 1. The number of anilines is 1. The van der Waals surface area contributed by atoms with E-state index in [1.807, 2.05) is 13.8 Å². The molecular weight excluding hydrogens is 207 g/mol. The molecule has 0 saturated heterocycles. The van der Waals surface area contributed by atoms with Crippen molar-refractivity contribution in [3.05, 3.63) is 30.1 Å². The molecule has 0 aliphatic carbocycles. The van der Waals surface area contributed by atoms with Crippen LogP contribution in [0.25, 0.3) is 0 Å². The van der Waals surface area contributed by atoms with Crippen molar-refractivity contribution in [2.75, 3.05) is 5.32 Å². The zero-order valence-corrected chi connectivity index (χ0v) is 9.59. The molecule has 88 valence electrons. The van der Waals surface area contributed by atoms with Crippen LogP contribution < -0.4 is 11.1 Å². The lowest BCUT2D eigenvalue weighted by Gasteiger charge is -2.30. The Morgan fingerprint density at radius 2 is 1.94 bits per heavy atom. The maximum Gasteiger partial charge on any atom is 0.243 e. The molecule has 0 aliphatic rings. The molecule has 0 aromatic heterocycles. The topological polar surface area (TPSA) is 55.1 Å². The molecule has 16 heavy (non-hydrogen) atoms. The van der Waals surface area contributed by atoms with Gasteiger partial charge in [0.15, 0.2) is 0 Å². The van der Waals surface area contributed by atoms with Crippen LogP contribution in [0.4, 0.5) is 10.1 Å². The van der Waals surface area contributed by atoms with Crippen LogP contribution in [0, 0.1) is 5.82 Å². The Kier molecular flexibility index (Phi) is 3.88. The van der Waals surface area contributed by atoms with Gasteiger partial charge in [-0.3, -0.25) is 4.79 Å². The quantitative estimate of drug-likeness (QED) is 0.806. The Morgan fingerprint density at radius 3 is 2.38 bits per heavy atom. The lowest BCUT2D eigenvalue weighted by molar-refractivity contribution is -0.122. The maximum atomic E-state index is 13.4. The van der Waals surface area contributed by atoms with Crippen LogP contribution in [0.3, 0.4) is 0 Å². The van der Waals surface area contributed by atoms with Crippen molar-refractivity contribution >= 4 is 11.6 Å². The number of hydrogen-bond acceptors (Lipinski definition) is 2. The summed E-state index contributed by atoms with van der Waals surface area (Å²) in [5.74, 6) is -0.837. The highest BCUT2D eigenvalue weighted by molar-refractivity contribution is 5.87. The van der Waals surface area contributed by atoms with Gasteiger partial charge in [-0.1, -0.05) is 26.0 Å². The highest BCUT2D eigenvalue weighted by Crippen LogP contribution is 2.23. The predicted molar refractivity (Wildman–Crippen MR) is 62.5 cm³/mol. The van der Waals surface area contributed by atoms with Crippen LogP contribution >= 0.6 is 0 Å². The van der Waals surface area contributed by atoms with Crippen LogP contribution in [-0.4, -0.2) is 11.4 Å². The second-order valence-electron chi connectivity index (χ2n) is 3.76. The molecule has 1 amide bonds. The summed E-state index contributed by atoms with van der Waals surface area (Å²) >= 11 is 0. The molecule has 1 aromatic rings. The van der Waals surface area contributed by atoms with Crippen molar-refractivity contribution in [2.24, 2.45) is 5.73 Å². The van der Waals surface area contributed by atoms with E-state index in [1.165, 1.54) is 6.07 Å². The van der Waals surface area contributed by atoms with E-state index in [1.54, 1.807) is 18.2 Å². The largest absolute Gasteiger partial charge is 0.369 e. The van der Waals surface area contributed by atoms with Crippen molar-refractivity contribution in [3.63, 3.8) is 0 Å². The Balaban J connectivity index is 3.01. The van der Waals surface area contributed by atoms with E-state index in [4.69, 9.17) is 5.73 Å². The summed E-state index contributed by atoms with van der Waals surface area (Å²) in [5, 5.41) is 2.91. The Morgan fingerprint density at radius 1 is 1.38 bits per heavy atom. The van der Waals surface area contributed by atoms with E-state index in [9.17, 15) is 9.18 Å². The molecule has 4 heteroatoms. The van der Waals surface area contributed by atoms with Crippen molar-refractivity contribution in [3.8, 4) is 0 Å². The van der Waals surface area contributed by atoms with Crippen LogP contribution in [0.1, 0.15) is 26.7 Å². The molecule has 0 saturated carbocycles. The van der Waals surface area contributed by atoms with E-state index in [0.717, 1.165) is 0 Å². The standard InChI is InChI=1S/C12H17FN2O/c1-3-12(4-2,11(14)16)15-10-8-6-5-7-9(10)13/h5-8,15H,3-4H2,1-2H3,(H2,14,16). The second kappa shape index (κ2) is 4.96. The second-order valence-corrected chi connectivity index (χ2v) is 3.76. The number of halogens is 1. The van der Waals surface area contributed by atoms with Gasteiger partial charge in [0.05, 0.1) is 5.69 Å². The van der Waals surface area contributed by atoms with E-state index >= 15 is 0 Å². The number of amides is 1. The Bertz CT molecular complexity index is 375. The monoisotopic (exact) mass is 224 g/mol. The molecular formula is C12H17FN2O. The highest BCUT2D eigenvalue weighted by Gasteiger charge is 2.33. The highest BCUT2D eigenvalue weighted by atomic mass is 19.1. The third-order valence-corrected chi connectivity index (χ3v) is 2.93.